The molecule has 3 aromatic carbocycles. The van der Waals surface area contributed by atoms with Gasteiger partial charge in [-0.2, -0.15) is 5.10 Å². The highest BCUT2D eigenvalue weighted by molar-refractivity contribution is 6.33. The quantitative estimate of drug-likeness (QED) is 0.206. The van der Waals surface area contributed by atoms with Gasteiger partial charge in [0.05, 0.1) is 40.5 Å². The number of nitrogens with one attached hydrogen (secondary N) is 2. The minimum absolute atomic E-state index is 0.0837. The molecule has 2 amide bonds. The average molecular weight is 539 g/mol. The summed E-state index contributed by atoms with van der Waals surface area (Å²) in [4.78, 5) is 36.6. The van der Waals surface area contributed by atoms with Crippen LogP contribution in [0.1, 0.15) is 35.3 Å². The van der Waals surface area contributed by atoms with Gasteiger partial charge in [0.15, 0.2) is 11.5 Å². The van der Waals surface area contributed by atoms with Crippen LogP contribution in [0.25, 0.3) is 0 Å². The molecule has 0 aliphatic carbocycles. The van der Waals surface area contributed by atoms with Gasteiger partial charge < -0.3 is 14.8 Å². The maximum absolute atomic E-state index is 12.8. The molecule has 0 aliphatic heterocycles. The van der Waals surface area contributed by atoms with Crippen molar-refractivity contribution >= 4 is 35.3 Å². The van der Waals surface area contributed by atoms with Crippen molar-refractivity contribution in [3.63, 3.8) is 0 Å². The molecule has 2 N–H and O–H groups in total. The summed E-state index contributed by atoms with van der Waals surface area (Å²) < 4.78 is 11.1. The maximum atomic E-state index is 12.8. The predicted octanol–water partition coefficient (Wildman–Crippen LogP) is 4.74. The first-order valence-electron chi connectivity index (χ1n) is 11.6. The summed E-state index contributed by atoms with van der Waals surface area (Å²) in [6.07, 6.45) is 1.13. The van der Waals surface area contributed by atoms with Gasteiger partial charge in [-0.05, 0) is 29.7 Å². The summed E-state index contributed by atoms with van der Waals surface area (Å²) in [5.74, 6) is -0.959. The van der Waals surface area contributed by atoms with Crippen molar-refractivity contribution in [1.82, 2.24) is 10.7 Å². The highest BCUT2D eigenvalue weighted by Crippen LogP contribution is 2.34. The number of halogens is 1. The minimum Gasteiger partial charge on any atom is -0.493 e. The molecule has 0 heterocycles. The topological polar surface area (TPSA) is 132 Å². The first-order chi connectivity index (χ1) is 18.2. The van der Waals surface area contributed by atoms with Crippen LogP contribution in [0.15, 0.2) is 71.8 Å². The molecule has 0 radical (unpaired) electrons. The van der Waals surface area contributed by atoms with Crippen molar-refractivity contribution < 1.29 is 24.0 Å². The third-order valence-corrected chi connectivity index (χ3v) is 5.81. The molecule has 0 aromatic heterocycles. The van der Waals surface area contributed by atoms with Gasteiger partial charge >= 0.3 is 0 Å². The molecule has 0 saturated heterocycles. The lowest BCUT2D eigenvalue weighted by Gasteiger charge is -2.20. The number of benzene rings is 3. The van der Waals surface area contributed by atoms with Gasteiger partial charge in [-0.15, -0.1) is 0 Å². The van der Waals surface area contributed by atoms with Crippen LogP contribution in [0, 0.1) is 16.0 Å². The third-order valence-electron chi connectivity index (χ3n) is 5.48. The molecule has 3 aromatic rings. The van der Waals surface area contributed by atoms with E-state index in [-0.39, 0.29) is 45.9 Å². The zero-order valence-corrected chi connectivity index (χ0v) is 21.8. The van der Waals surface area contributed by atoms with E-state index in [1.54, 1.807) is 38.1 Å². The first-order valence-corrected chi connectivity index (χ1v) is 12.0. The predicted molar refractivity (Wildman–Crippen MR) is 144 cm³/mol. The van der Waals surface area contributed by atoms with Gasteiger partial charge in [-0.25, -0.2) is 5.43 Å². The zero-order valence-electron chi connectivity index (χ0n) is 21.0. The van der Waals surface area contributed by atoms with E-state index in [1.165, 1.54) is 19.2 Å². The van der Waals surface area contributed by atoms with Crippen molar-refractivity contribution in [3.05, 3.63) is 98.6 Å². The van der Waals surface area contributed by atoms with E-state index in [1.807, 2.05) is 30.3 Å². The Bertz CT molecular complexity index is 1330. The monoisotopic (exact) mass is 538 g/mol. The van der Waals surface area contributed by atoms with Gasteiger partial charge in [-0.1, -0.05) is 67.9 Å². The highest BCUT2D eigenvalue weighted by atomic mass is 35.5. The fourth-order valence-corrected chi connectivity index (χ4v) is 3.69. The number of methoxy groups -OCH3 is 1. The largest absolute Gasteiger partial charge is 0.493 e. The van der Waals surface area contributed by atoms with E-state index in [0.717, 1.165) is 11.8 Å². The van der Waals surface area contributed by atoms with Crippen molar-refractivity contribution in [2.24, 2.45) is 11.0 Å². The van der Waals surface area contributed by atoms with Crippen LogP contribution in [-0.2, 0) is 11.4 Å². The van der Waals surface area contributed by atoms with Crippen LogP contribution in [0.2, 0.25) is 5.02 Å². The van der Waals surface area contributed by atoms with Crippen LogP contribution >= 0.6 is 11.6 Å². The lowest BCUT2D eigenvalue weighted by Crippen LogP contribution is -2.48. The van der Waals surface area contributed by atoms with Gasteiger partial charge in [0.1, 0.15) is 12.6 Å². The Morgan fingerprint density at radius 1 is 1.08 bits per heavy atom. The fourth-order valence-electron chi connectivity index (χ4n) is 3.47. The summed E-state index contributed by atoms with van der Waals surface area (Å²) in [7, 11) is 1.41. The van der Waals surface area contributed by atoms with Crippen molar-refractivity contribution in [3.8, 4) is 11.5 Å². The second-order valence-electron chi connectivity index (χ2n) is 8.50. The van der Waals surface area contributed by atoms with Crippen LogP contribution in [0.3, 0.4) is 0 Å². The molecular weight excluding hydrogens is 512 g/mol. The number of hydrazone groups is 1. The molecule has 1 atom stereocenters. The van der Waals surface area contributed by atoms with E-state index >= 15 is 0 Å². The lowest BCUT2D eigenvalue weighted by molar-refractivity contribution is -0.385. The summed E-state index contributed by atoms with van der Waals surface area (Å²) in [6.45, 7) is 3.70. The zero-order chi connectivity index (χ0) is 27.7. The molecule has 0 bridgehead atoms. The molecule has 0 saturated carbocycles. The summed E-state index contributed by atoms with van der Waals surface area (Å²) >= 11 is 6.08. The Balaban J connectivity index is 1.75. The van der Waals surface area contributed by atoms with Gasteiger partial charge in [-0.3, -0.25) is 19.7 Å². The molecular formula is C27H27ClN4O6. The van der Waals surface area contributed by atoms with Crippen molar-refractivity contribution in [2.45, 2.75) is 26.5 Å². The minimum atomic E-state index is -0.936. The Morgan fingerprint density at radius 3 is 2.39 bits per heavy atom. The van der Waals surface area contributed by atoms with Crippen LogP contribution in [0.4, 0.5) is 5.69 Å². The number of hydrogen-bond donors (Lipinski definition) is 2. The van der Waals surface area contributed by atoms with E-state index < -0.39 is 22.8 Å². The second kappa shape index (κ2) is 13.2. The molecule has 0 aliphatic rings. The molecule has 1 unspecified atom stereocenters. The molecule has 198 valence electrons. The standard InChI is InChI=1S/C27H27ClN4O6/c1-17(2)25(30-26(33)20-11-7-8-12-21(20)28)27(34)31-29-15-19-13-23(37-3)24(14-22(19)32(35)36)38-16-18-9-5-4-6-10-18/h4-15,17,25H,16H2,1-3H3,(H,30,33)(H,31,34). The number of nitro benzene ring substituents is 1. The molecule has 11 heteroatoms. The van der Waals surface area contributed by atoms with Crippen molar-refractivity contribution in [1.29, 1.82) is 0 Å². The van der Waals surface area contributed by atoms with E-state index in [4.69, 9.17) is 21.1 Å². The van der Waals surface area contributed by atoms with Gasteiger partial charge in [0, 0.05) is 0 Å². The molecule has 10 nitrogen and oxygen atoms in total. The lowest BCUT2D eigenvalue weighted by atomic mass is 10.0. The number of amides is 2. The molecule has 38 heavy (non-hydrogen) atoms. The molecule has 3 rings (SSSR count). The summed E-state index contributed by atoms with van der Waals surface area (Å²) in [5, 5.41) is 18.5. The van der Waals surface area contributed by atoms with E-state index in [0.29, 0.717) is 0 Å². The number of carbonyl (C=O) groups excluding carboxylic acids is 2. The molecule has 0 spiro atoms. The third kappa shape index (κ3) is 7.30. The number of hydrogen-bond acceptors (Lipinski definition) is 7. The Kier molecular flexibility index (Phi) is 9.78. The SMILES string of the molecule is COc1cc(C=NNC(=O)C(NC(=O)c2ccccc2Cl)C(C)C)c([N+](=O)[O-])cc1OCc1ccccc1. The Morgan fingerprint density at radius 2 is 1.76 bits per heavy atom. The van der Waals surface area contributed by atoms with Crippen molar-refractivity contribution in [2.75, 3.05) is 7.11 Å². The van der Waals surface area contributed by atoms with Gasteiger partial charge in [0.2, 0.25) is 0 Å². The summed E-state index contributed by atoms with van der Waals surface area (Å²) in [5.41, 5.74) is 3.24. The number of ether oxygens (including phenoxy) is 2. The second-order valence-corrected chi connectivity index (χ2v) is 8.91. The first kappa shape index (κ1) is 28.1. The Labute approximate surface area is 224 Å². The number of rotatable bonds is 11. The van der Waals surface area contributed by atoms with E-state index in [9.17, 15) is 19.7 Å². The number of nitrogens with zero attached hydrogens (tertiary/aromatic N) is 2. The van der Waals surface area contributed by atoms with E-state index in [2.05, 4.69) is 15.8 Å². The fraction of sp³-hybridized carbons (Fsp3) is 0.222. The maximum Gasteiger partial charge on any atom is 0.282 e. The summed E-state index contributed by atoms with van der Waals surface area (Å²) in [6, 6.07) is 17.5. The van der Waals surface area contributed by atoms with Crippen LogP contribution in [-0.4, -0.2) is 36.1 Å². The highest BCUT2D eigenvalue weighted by Gasteiger charge is 2.25. The van der Waals surface area contributed by atoms with Crippen LogP contribution < -0.4 is 20.2 Å². The smallest absolute Gasteiger partial charge is 0.282 e. The van der Waals surface area contributed by atoms with Gasteiger partial charge in [0.25, 0.3) is 17.5 Å². The normalized spacial score (nSPS) is 11.7. The number of carbonyl (C=O) groups is 2. The average Bonchev–Trinajstić information content (AvgIpc) is 2.90. The van der Waals surface area contributed by atoms with Crippen LogP contribution in [0.5, 0.6) is 11.5 Å². The molecule has 0 fully saturated rings. The Hall–Kier alpha value is -4.44. The number of nitro groups is 1.